The molecule has 0 aromatic heterocycles. The zero-order valence-electron chi connectivity index (χ0n) is 12.0. The first kappa shape index (κ1) is 14.4. The first-order chi connectivity index (χ1) is 9.16. The minimum atomic E-state index is 0.170. The van der Waals surface area contributed by atoms with Crippen molar-refractivity contribution in [3.63, 3.8) is 0 Å². The van der Waals surface area contributed by atoms with Crippen molar-refractivity contribution in [2.45, 2.75) is 51.7 Å². The van der Waals surface area contributed by atoms with Gasteiger partial charge in [0, 0.05) is 18.2 Å². The van der Waals surface area contributed by atoms with E-state index in [0.717, 1.165) is 25.1 Å². The van der Waals surface area contributed by atoms with Gasteiger partial charge < -0.3 is 15.2 Å². The van der Waals surface area contributed by atoms with Crippen LogP contribution >= 0.6 is 0 Å². The number of benzene rings is 1. The Morgan fingerprint density at radius 2 is 2.26 bits per heavy atom. The maximum atomic E-state index is 9.89. The van der Waals surface area contributed by atoms with E-state index in [0.29, 0.717) is 11.9 Å². The number of aromatic hydroxyl groups is 1. The van der Waals surface area contributed by atoms with Crippen molar-refractivity contribution in [1.82, 2.24) is 5.32 Å². The zero-order chi connectivity index (χ0) is 13.7. The maximum Gasteiger partial charge on any atom is 0.120 e. The summed E-state index contributed by atoms with van der Waals surface area (Å²) in [4.78, 5) is 0. The van der Waals surface area contributed by atoms with Crippen LogP contribution in [0.2, 0.25) is 0 Å². The Bertz CT molecular complexity index is 400. The molecule has 0 saturated carbocycles. The molecule has 19 heavy (non-hydrogen) atoms. The maximum absolute atomic E-state index is 9.89. The molecule has 3 heteroatoms. The number of hydrogen-bond acceptors (Lipinski definition) is 3. The molecule has 1 fully saturated rings. The Morgan fingerprint density at radius 1 is 1.42 bits per heavy atom. The van der Waals surface area contributed by atoms with Crippen molar-refractivity contribution in [2.24, 2.45) is 0 Å². The quantitative estimate of drug-likeness (QED) is 0.856. The van der Waals surface area contributed by atoms with Gasteiger partial charge in [-0.05, 0) is 52.1 Å². The van der Waals surface area contributed by atoms with E-state index in [1.54, 1.807) is 6.07 Å². The van der Waals surface area contributed by atoms with Crippen molar-refractivity contribution in [1.29, 1.82) is 0 Å². The third-order valence-corrected chi connectivity index (χ3v) is 3.84. The fourth-order valence-electron chi connectivity index (χ4n) is 2.63. The van der Waals surface area contributed by atoms with E-state index in [9.17, 15) is 5.11 Å². The van der Waals surface area contributed by atoms with Gasteiger partial charge in [0.15, 0.2) is 0 Å². The van der Waals surface area contributed by atoms with Crippen LogP contribution in [0.5, 0.6) is 5.75 Å². The molecule has 2 unspecified atom stereocenters. The van der Waals surface area contributed by atoms with Crippen molar-refractivity contribution >= 4 is 0 Å². The van der Waals surface area contributed by atoms with E-state index in [-0.39, 0.29) is 6.04 Å². The van der Waals surface area contributed by atoms with Gasteiger partial charge in [-0.3, -0.25) is 0 Å². The van der Waals surface area contributed by atoms with Gasteiger partial charge in [0.1, 0.15) is 5.75 Å². The molecule has 1 aliphatic heterocycles. The number of aryl methyl sites for hydroxylation is 1. The summed E-state index contributed by atoms with van der Waals surface area (Å²) in [6.07, 6.45) is 5.15. The van der Waals surface area contributed by atoms with Crippen LogP contribution < -0.4 is 5.32 Å². The van der Waals surface area contributed by atoms with Crippen molar-refractivity contribution in [3.8, 4) is 5.75 Å². The van der Waals surface area contributed by atoms with Gasteiger partial charge in [-0.1, -0.05) is 17.7 Å². The SMILES string of the molecule is Cc1ccc(O)c(C(C)NCCC2CCCCO2)c1. The number of phenols is 1. The highest BCUT2D eigenvalue weighted by Crippen LogP contribution is 2.25. The van der Waals surface area contributed by atoms with Crippen LogP contribution in [0.1, 0.15) is 49.8 Å². The molecule has 1 aliphatic rings. The molecule has 2 rings (SSSR count). The molecular weight excluding hydrogens is 238 g/mol. The molecule has 0 bridgehead atoms. The molecule has 1 aromatic carbocycles. The van der Waals surface area contributed by atoms with Crippen molar-refractivity contribution in [3.05, 3.63) is 29.3 Å². The van der Waals surface area contributed by atoms with Crippen LogP contribution in [0.4, 0.5) is 0 Å². The van der Waals surface area contributed by atoms with Crippen LogP contribution in [0.15, 0.2) is 18.2 Å². The molecule has 106 valence electrons. The topological polar surface area (TPSA) is 41.5 Å². The number of rotatable bonds is 5. The molecule has 1 saturated heterocycles. The third-order valence-electron chi connectivity index (χ3n) is 3.84. The van der Waals surface area contributed by atoms with Crippen molar-refractivity contribution < 1.29 is 9.84 Å². The van der Waals surface area contributed by atoms with Gasteiger partial charge in [0.05, 0.1) is 6.10 Å². The lowest BCUT2D eigenvalue weighted by molar-refractivity contribution is 0.0112. The standard InChI is InChI=1S/C16H25NO2/c1-12-6-7-16(18)15(11-12)13(2)17-9-8-14-5-3-4-10-19-14/h6-7,11,13-14,17-18H,3-5,8-10H2,1-2H3. The molecule has 0 amide bonds. The molecule has 0 aliphatic carbocycles. The van der Waals surface area contributed by atoms with E-state index in [2.05, 4.69) is 12.2 Å². The Balaban J connectivity index is 1.80. The number of phenolic OH excluding ortho intramolecular Hbond substituents is 1. The number of nitrogens with one attached hydrogen (secondary N) is 1. The highest BCUT2D eigenvalue weighted by atomic mass is 16.5. The Kier molecular flexibility index (Phi) is 5.23. The molecule has 1 heterocycles. The van der Waals surface area contributed by atoms with E-state index in [4.69, 9.17) is 4.74 Å². The Morgan fingerprint density at radius 3 is 3.00 bits per heavy atom. The molecule has 0 spiro atoms. The second kappa shape index (κ2) is 6.92. The highest BCUT2D eigenvalue weighted by molar-refractivity contribution is 5.37. The molecule has 1 aromatic rings. The summed E-state index contributed by atoms with van der Waals surface area (Å²) in [5.74, 6) is 0.375. The second-order valence-corrected chi connectivity index (χ2v) is 5.52. The van der Waals surface area contributed by atoms with Gasteiger partial charge in [-0.2, -0.15) is 0 Å². The molecule has 0 radical (unpaired) electrons. The van der Waals surface area contributed by atoms with Crippen LogP contribution in [0.25, 0.3) is 0 Å². The first-order valence-electron chi connectivity index (χ1n) is 7.31. The molecule has 2 atom stereocenters. The zero-order valence-corrected chi connectivity index (χ0v) is 12.0. The summed E-state index contributed by atoms with van der Waals surface area (Å²) in [6.45, 7) is 5.99. The average molecular weight is 263 g/mol. The summed E-state index contributed by atoms with van der Waals surface area (Å²) in [7, 11) is 0. The summed E-state index contributed by atoms with van der Waals surface area (Å²) in [5.41, 5.74) is 2.15. The van der Waals surface area contributed by atoms with Crippen molar-refractivity contribution in [2.75, 3.05) is 13.2 Å². The highest BCUT2D eigenvalue weighted by Gasteiger charge is 2.15. The summed E-state index contributed by atoms with van der Waals surface area (Å²) in [5, 5.41) is 13.4. The predicted octanol–water partition coefficient (Wildman–Crippen LogP) is 3.31. The molecule has 2 N–H and O–H groups in total. The Hall–Kier alpha value is -1.06. The third kappa shape index (κ3) is 4.22. The van der Waals surface area contributed by atoms with Crippen LogP contribution in [0, 0.1) is 6.92 Å². The van der Waals surface area contributed by atoms with Gasteiger partial charge in [-0.25, -0.2) is 0 Å². The minimum Gasteiger partial charge on any atom is -0.508 e. The normalized spacial score (nSPS) is 21.3. The lowest BCUT2D eigenvalue weighted by atomic mass is 10.0. The first-order valence-corrected chi connectivity index (χ1v) is 7.31. The lowest BCUT2D eigenvalue weighted by Crippen LogP contribution is -2.27. The smallest absolute Gasteiger partial charge is 0.120 e. The lowest BCUT2D eigenvalue weighted by Gasteiger charge is -2.23. The average Bonchev–Trinajstić information content (AvgIpc) is 2.42. The largest absolute Gasteiger partial charge is 0.508 e. The van der Waals surface area contributed by atoms with Gasteiger partial charge in [0.25, 0.3) is 0 Å². The monoisotopic (exact) mass is 263 g/mol. The summed E-state index contributed by atoms with van der Waals surface area (Å²) >= 11 is 0. The van der Waals surface area contributed by atoms with E-state index in [1.807, 2.05) is 19.1 Å². The van der Waals surface area contributed by atoms with Gasteiger partial charge in [0.2, 0.25) is 0 Å². The Labute approximate surface area is 116 Å². The minimum absolute atomic E-state index is 0.170. The van der Waals surface area contributed by atoms with Gasteiger partial charge in [-0.15, -0.1) is 0 Å². The van der Waals surface area contributed by atoms with E-state index >= 15 is 0 Å². The van der Waals surface area contributed by atoms with Crippen LogP contribution in [0.3, 0.4) is 0 Å². The molecular formula is C16H25NO2. The van der Waals surface area contributed by atoms with Gasteiger partial charge >= 0.3 is 0 Å². The van der Waals surface area contributed by atoms with E-state index in [1.165, 1.54) is 24.8 Å². The fourth-order valence-corrected chi connectivity index (χ4v) is 2.63. The van der Waals surface area contributed by atoms with E-state index < -0.39 is 0 Å². The van der Waals surface area contributed by atoms with Crippen LogP contribution in [-0.2, 0) is 4.74 Å². The second-order valence-electron chi connectivity index (χ2n) is 5.52. The number of hydrogen-bond donors (Lipinski definition) is 2. The molecule has 3 nitrogen and oxygen atoms in total. The summed E-state index contributed by atoms with van der Waals surface area (Å²) < 4.78 is 5.72. The predicted molar refractivity (Wildman–Crippen MR) is 77.5 cm³/mol. The fraction of sp³-hybridized carbons (Fsp3) is 0.625. The summed E-state index contributed by atoms with van der Waals surface area (Å²) in [6, 6.07) is 5.92. The van der Waals surface area contributed by atoms with Crippen LogP contribution in [-0.4, -0.2) is 24.4 Å². The number of ether oxygens (including phenoxy) is 1.